The second-order valence-corrected chi connectivity index (χ2v) is 8.91. The van der Waals surface area contributed by atoms with Crippen LogP contribution in [0.3, 0.4) is 0 Å². The molecular formula is C20H23FN2O3S. The molecule has 0 spiro atoms. The highest BCUT2D eigenvalue weighted by atomic mass is 32.2. The van der Waals surface area contributed by atoms with Crippen LogP contribution in [0.4, 0.5) is 15.8 Å². The lowest BCUT2D eigenvalue weighted by Gasteiger charge is -2.31. The van der Waals surface area contributed by atoms with Crippen LogP contribution >= 0.6 is 0 Å². The summed E-state index contributed by atoms with van der Waals surface area (Å²) in [6, 6.07) is 8.78. The highest BCUT2D eigenvalue weighted by Gasteiger charge is 2.25. The van der Waals surface area contributed by atoms with Crippen LogP contribution in [0.25, 0.3) is 0 Å². The molecule has 3 rings (SSSR count). The van der Waals surface area contributed by atoms with Gasteiger partial charge in [-0.2, -0.15) is 0 Å². The van der Waals surface area contributed by atoms with E-state index in [1.807, 2.05) is 0 Å². The largest absolute Gasteiger partial charge is 0.312 e. The third kappa shape index (κ3) is 4.13. The fraction of sp³-hybridized carbons (Fsp3) is 0.350. The number of benzene rings is 2. The van der Waals surface area contributed by atoms with Gasteiger partial charge in [-0.3, -0.25) is 9.52 Å². The standard InChI is InChI=1S/C20H23FN2O3S/c1-13(2)12-23-18-7-6-17(11-15(18)4-9-20(23)24)22-27(25,26)19-8-5-16(21)10-14(19)3/h5-8,10-11,13,22H,4,9,12H2,1-3H3. The molecule has 5 nitrogen and oxygen atoms in total. The quantitative estimate of drug-likeness (QED) is 0.843. The first-order valence-corrected chi connectivity index (χ1v) is 10.4. The Hall–Kier alpha value is -2.41. The third-order valence-corrected chi connectivity index (χ3v) is 6.05. The lowest BCUT2D eigenvalue weighted by Crippen LogP contribution is -2.37. The van der Waals surface area contributed by atoms with Gasteiger partial charge in [0.15, 0.2) is 0 Å². The maximum absolute atomic E-state index is 13.3. The number of halogens is 1. The molecule has 1 aliphatic heterocycles. The number of nitrogens with one attached hydrogen (secondary N) is 1. The zero-order valence-electron chi connectivity index (χ0n) is 15.6. The Kier molecular flexibility index (Phi) is 5.24. The molecule has 0 fully saturated rings. The summed E-state index contributed by atoms with van der Waals surface area (Å²) in [5.41, 5.74) is 2.54. The van der Waals surface area contributed by atoms with E-state index in [0.717, 1.165) is 17.3 Å². The Morgan fingerprint density at radius 1 is 1.15 bits per heavy atom. The average molecular weight is 390 g/mol. The van der Waals surface area contributed by atoms with E-state index in [1.165, 1.54) is 12.1 Å². The first-order chi connectivity index (χ1) is 12.7. The monoisotopic (exact) mass is 390 g/mol. The van der Waals surface area contributed by atoms with Gasteiger partial charge < -0.3 is 4.90 Å². The van der Waals surface area contributed by atoms with Crippen molar-refractivity contribution in [2.75, 3.05) is 16.2 Å². The minimum Gasteiger partial charge on any atom is -0.312 e. The second-order valence-electron chi connectivity index (χ2n) is 7.26. The van der Waals surface area contributed by atoms with Gasteiger partial charge in [0.2, 0.25) is 5.91 Å². The van der Waals surface area contributed by atoms with E-state index >= 15 is 0 Å². The van der Waals surface area contributed by atoms with Gasteiger partial charge in [-0.25, -0.2) is 12.8 Å². The zero-order valence-corrected chi connectivity index (χ0v) is 16.4. The second kappa shape index (κ2) is 7.31. The number of fused-ring (bicyclic) bond motifs is 1. The van der Waals surface area contributed by atoms with Crippen molar-refractivity contribution < 1.29 is 17.6 Å². The van der Waals surface area contributed by atoms with E-state index in [0.29, 0.717) is 36.6 Å². The lowest BCUT2D eigenvalue weighted by atomic mass is 9.99. The van der Waals surface area contributed by atoms with Crippen molar-refractivity contribution >= 4 is 27.3 Å². The number of carbonyl (C=O) groups excluding carboxylic acids is 1. The van der Waals surface area contributed by atoms with Gasteiger partial charge in [0.1, 0.15) is 5.82 Å². The lowest BCUT2D eigenvalue weighted by molar-refractivity contribution is -0.119. The number of aryl methyl sites for hydroxylation is 2. The van der Waals surface area contributed by atoms with Crippen molar-refractivity contribution in [3.63, 3.8) is 0 Å². The van der Waals surface area contributed by atoms with Gasteiger partial charge in [-0.1, -0.05) is 13.8 Å². The molecule has 2 aromatic carbocycles. The molecule has 0 bridgehead atoms. The fourth-order valence-electron chi connectivity index (χ4n) is 3.31. The molecule has 0 unspecified atom stereocenters. The van der Waals surface area contributed by atoms with Crippen molar-refractivity contribution in [1.82, 2.24) is 0 Å². The molecule has 0 atom stereocenters. The fourth-order valence-corrected chi connectivity index (χ4v) is 4.59. The predicted octanol–water partition coefficient (Wildman–Crippen LogP) is 3.87. The molecule has 7 heteroatoms. The molecular weight excluding hydrogens is 367 g/mol. The summed E-state index contributed by atoms with van der Waals surface area (Å²) in [6.07, 6.45) is 0.987. The molecule has 0 radical (unpaired) electrons. The number of sulfonamides is 1. The molecule has 0 aliphatic carbocycles. The minimum atomic E-state index is -3.83. The summed E-state index contributed by atoms with van der Waals surface area (Å²) in [5.74, 6) is -0.0545. The summed E-state index contributed by atoms with van der Waals surface area (Å²) < 4.78 is 41.2. The third-order valence-electron chi connectivity index (χ3n) is 4.51. The van der Waals surface area contributed by atoms with Gasteiger partial charge in [0.05, 0.1) is 4.90 Å². The number of hydrogen-bond acceptors (Lipinski definition) is 3. The van der Waals surface area contributed by atoms with Crippen LogP contribution in [0.5, 0.6) is 0 Å². The van der Waals surface area contributed by atoms with E-state index in [1.54, 1.807) is 30.0 Å². The van der Waals surface area contributed by atoms with Crippen LogP contribution in [-0.2, 0) is 21.2 Å². The van der Waals surface area contributed by atoms with Gasteiger partial charge in [-0.15, -0.1) is 0 Å². The summed E-state index contributed by atoms with van der Waals surface area (Å²) in [5, 5.41) is 0. The number of hydrogen-bond donors (Lipinski definition) is 1. The molecule has 0 aromatic heterocycles. The topological polar surface area (TPSA) is 66.5 Å². The van der Waals surface area contributed by atoms with Crippen LogP contribution in [0.2, 0.25) is 0 Å². The van der Waals surface area contributed by atoms with Gasteiger partial charge in [-0.05, 0) is 66.8 Å². The smallest absolute Gasteiger partial charge is 0.262 e. The molecule has 1 heterocycles. The van der Waals surface area contributed by atoms with Crippen molar-refractivity contribution in [2.45, 2.75) is 38.5 Å². The average Bonchev–Trinajstić information content (AvgIpc) is 2.56. The van der Waals surface area contributed by atoms with Crippen molar-refractivity contribution in [1.29, 1.82) is 0 Å². The predicted molar refractivity (Wildman–Crippen MR) is 104 cm³/mol. The Balaban J connectivity index is 1.90. The van der Waals surface area contributed by atoms with Gasteiger partial charge in [0.25, 0.3) is 10.0 Å². The van der Waals surface area contributed by atoms with Gasteiger partial charge >= 0.3 is 0 Å². The van der Waals surface area contributed by atoms with E-state index in [2.05, 4.69) is 18.6 Å². The Labute approximate surface area is 159 Å². The molecule has 1 aliphatic rings. The summed E-state index contributed by atoms with van der Waals surface area (Å²) in [6.45, 7) is 6.29. The van der Waals surface area contributed by atoms with Crippen LogP contribution < -0.4 is 9.62 Å². The highest BCUT2D eigenvalue weighted by Crippen LogP contribution is 2.32. The Morgan fingerprint density at radius 3 is 2.56 bits per heavy atom. The molecule has 1 N–H and O–H groups in total. The molecule has 27 heavy (non-hydrogen) atoms. The number of anilines is 2. The summed E-state index contributed by atoms with van der Waals surface area (Å²) in [4.78, 5) is 14.0. The maximum atomic E-state index is 13.3. The van der Waals surface area contributed by atoms with Crippen molar-refractivity contribution in [2.24, 2.45) is 5.92 Å². The van der Waals surface area contributed by atoms with Crippen LogP contribution in [0.1, 0.15) is 31.4 Å². The first kappa shape index (κ1) is 19.4. The molecule has 0 saturated carbocycles. The Bertz CT molecular complexity index is 987. The number of rotatable bonds is 5. The van der Waals surface area contributed by atoms with Crippen molar-refractivity contribution in [3.05, 3.63) is 53.3 Å². The minimum absolute atomic E-state index is 0.0400. The van der Waals surface area contributed by atoms with Crippen LogP contribution in [0, 0.1) is 18.7 Å². The zero-order chi connectivity index (χ0) is 19.8. The SMILES string of the molecule is Cc1cc(F)ccc1S(=O)(=O)Nc1ccc2c(c1)CCC(=O)N2CC(C)C. The highest BCUT2D eigenvalue weighted by molar-refractivity contribution is 7.92. The van der Waals surface area contributed by atoms with Crippen LogP contribution in [-0.4, -0.2) is 20.9 Å². The van der Waals surface area contributed by atoms with Crippen molar-refractivity contribution in [3.8, 4) is 0 Å². The van der Waals surface area contributed by atoms with E-state index in [4.69, 9.17) is 0 Å². The number of nitrogens with zero attached hydrogens (tertiary/aromatic N) is 1. The molecule has 144 valence electrons. The first-order valence-electron chi connectivity index (χ1n) is 8.89. The van der Waals surface area contributed by atoms with Gasteiger partial charge in [0, 0.05) is 24.3 Å². The Morgan fingerprint density at radius 2 is 1.89 bits per heavy atom. The van der Waals surface area contributed by atoms with E-state index < -0.39 is 15.8 Å². The normalized spacial score (nSPS) is 14.4. The maximum Gasteiger partial charge on any atom is 0.262 e. The van der Waals surface area contributed by atoms with E-state index in [-0.39, 0.29) is 10.8 Å². The number of amides is 1. The number of carbonyl (C=O) groups is 1. The van der Waals surface area contributed by atoms with E-state index in [9.17, 15) is 17.6 Å². The molecule has 1 amide bonds. The van der Waals surface area contributed by atoms with Crippen LogP contribution in [0.15, 0.2) is 41.3 Å². The molecule has 0 saturated heterocycles. The molecule has 2 aromatic rings. The summed E-state index contributed by atoms with van der Waals surface area (Å²) in [7, 11) is -3.83. The summed E-state index contributed by atoms with van der Waals surface area (Å²) >= 11 is 0.